The molecular formula is C18H25N3O5S. The fourth-order valence-corrected chi connectivity index (χ4v) is 4.82. The molecule has 1 aromatic rings. The molecule has 8 nitrogen and oxygen atoms in total. The van der Waals surface area contributed by atoms with Crippen LogP contribution in [0.1, 0.15) is 35.7 Å². The molecule has 0 aliphatic carbocycles. The predicted molar refractivity (Wildman–Crippen MR) is 99.3 cm³/mol. The summed E-state index contributed by atoms with van der Waals surface area (Å²) in [5, 5.41) is 3.30. The Kier molecular flexibility index (Phi) is 5.55. The molecular weight excluding hydrogens is 370 g/mol. The van der Waals surface area contributed by atoms with Gasteiger partial charge >= 0.3 is 5.97 Å². The minimum atomic E-state index is -3.21. The number of carbonyl (C=O) groups is 2. The van der Waals surface area contributed by atoms with Crippen molar-refractivity contribution in [3.05, 3.63) is 35.4 Å². The van der Waals surface area contributed by atoms with E-state index in [0.29, 0.717) is 38.0 Å². The zero-order valence-corrected chi connectivity index (χ0v) is 16.4. The van der Waals surface area contributed by atoms with E-state index in [2.05, 4.69) is 5.32 Å². The van der Waals surface area contributed by atoms with E-state index in [-0.39, 0.29) is 18.2 Å². The maximum absolute atomic E-state index is 12.5. The normalized spacial score (nSPS) is 20.2. The third-order valence-corrected chi connectivity index (χ3v) is 7.29. The molecule has 2 fully saturated rings. The number of sulfonamides is 1. The van der Waals surface area contributed by atoms with E-state index in [9.17, 15) is 18.0 Å². The number of hydrogen-bond donors (Lipinski definition) is 1. The number of methoxy groups -OCH3 is 1. The van der Waals surface area contributed by atoms with E-state index < -0.39 is 21.7 Å². The van der Waals surface area contributed by atoms with Gasteiger partial charge in [0.15, 0.2) is 0 Å². The van der Waals surface area contributed by atoms with Crippen LogP contribution in [-0.4, -0.2) is 67.7 Å². The third kappa shape index (κ3) is 3.85. The van der Waals surface area contributed by atoms with E-state index >= 15 is 0 Å². The fourth-order valence-electron chi connectivity index (χ4n) is 3.72. The second kappa shape index (κ2) is 7.57. The minimum absolute atomic E-state index is 0.00107. The molecule has 1 N–H and O–H groups in total. The lowest BCUT2D eigenvalue weighted by Gasteiger charge is -2.44. The summed E-state index contributed by atoms with van der Waals surface area (Å²) in [6.07, 6.45) is 1.11. The number of benzene rings is 1. The Bertz CT molecular complexity index is 814. The summed E-state index contributed by atoms with van der Waals surface area (Å²) in [4.78, 5) is 25.8. The third-order valence-electron chi connectivity index (χ3n) is 5.41. The number of ether oxygens (including phenoxy) is 1. The largest absolute Gasteiger partial charge is 0.465 e. The van der Waals surface area contributed by atoms with Crippen molar-refractivity contribution in [1.82, 2.24) is 14.5 Å². The van der Waals surface area contributed by atoms with Crippen molar-refractivity contribution in [3.8, 4) is 0 Å². The Hall–Kier alpha value is -1.97. The average molecular weight is 395 g/mol. The molecule has 1 aromatic carbocycles. The second-order valence-electron chi connectivity index (χ2n) is 6.85. The van der Waals surface area contributed by atoms with Gasteiger partial charge in [0.05, 0.1) is 30.6 Å². The van der Waals surface area contributed by atoms with Crippen molar-refractivity contribution >= 4 is 21.9 Å². The van der Waals surface area contributed by atoms with Crippen LogP contribution in [0.5, 0.6) is 0 Å². The van der Waals surface area contributed by atoms with Crippen LogP contribution in [0, 0.1) is 0 Å². The molecule has 2 heterocycles. The summed E-state index contributed by atoms with van der Waals surface area (Å²) in [6, 6.07) is 6.97. The molecule has 148 valence electrons. The molecule has 2 saturated heterocycles. The number of carbonyl (C=O) groups excluding carboxylic acids is 2. The van der Waals surface area contributed by atoms with Gasteiger partial charge in [-0.25, -0.2) is 17.5 Å². The fraction of sp³-hybridized carbons (Fsp3) is 0.556. The number of nitrogens with one attached hydrogen (secondary N) is 1. The summed E-state index contributed by atoms with van der Waals surface area (Å²) in [6.45, 7) is 3.10. The first-order chi connectivity index (χ1) is 12.8. The van der Waals surface area contributed by atoms with Gasteiger partial charge < -0.3 is 9.64 Å². The van der Waals surface area contributed by atoms with Crippen molar-refractivity contribution in [1.29, 1.82) is 0 Å². The lowest BCUT2D eigenvalue weighted by Crippen LogP contribution is -2.59. The van der Waals surface area contributed by atoms with Crippen molar-refractivity contribution in [2.75, 3.05) is 32.5 Å². The number of amides is 1. The Morgan fingerprint density at radius 1 is 1.22 bits per heavy atom. The molecule has 1 amide bonds. The first-order valence-electron chi connectivity index (χ1n) is 9.02. The van der Waals surface area contributed by atoms with Crippen LogP contribution in [0.15, 0.2) is 24.3 Å². The summed E-state index contributed by atoms with van der Waals surface area (Å²) in [5.41, 5.74) is 0.848. The van der Waals surface area contributed by atoms with Crippen LogP contribution in [0.2, 0.25) is 0 Å². The smallest absolute Gasteiger partial charge is 0.337 e. The van der Waals surface area contributed by atoms with Crippen molar-refractivity contribution in [2.45, 2.75) is 32.0 Å². The molecule has 0 unspecified atom stereocenters. The van der Waals surface area contributed by atoms with Gasteiger partial charge in [0, 0.05) is 19.6 Å². The molecule has 0 atom stereocenters. The van der Waals surface area contributed by atoms with Gasteiger partial charge in [-0.2, -0.15) is 0 Å². The average Bonchev–Trinajstić information content (AvgIpc) is 2.98. The Labute approximate surface area is 159 Å². The zero-order chi connectivity index (χ0) is 19.7. The van der Waals surface area contributed by atoms with Gasteiger partial charge in [-0.05, 0) is 37.5 Å². The topological polar surface area (TPSA) is 96.0 Å². The van der Waals surface area contributed by atoms with Crippen molar-refractivity contribution in [3.63, 3.8) is 0 Å². The maximum Gasteiger partial charge on any atom is 0.337 e. The van der Waals surface area contributed by atoms with E-state index in [1.807, 2.05) is 12.1 Å². The SMILES string of the molecule is CCS(=O)(=O)N1CCC2(CC1)NCC(=O)N2Cc1ccc(C(=O)OC)cc1. The highest BCUT2D eigenvalue weighted by molar-refractivity contribution is 7.89. The number of rotatable bonds is 5. The molecule has 0 bridgehead atoms. The first-order valence-corrected chi connectivity index (χ1v) is 10.6. The van der Waals surface area contributed by atoms with E-state index in [0.717, 1.165) is 5.56 Å². The zero-order valence-electron chi connectivity index (χ0n) is 15.6. The van der Waals surface area contributed by atoms with Gasteiger partial charge in [0.2, 0.25) is 15.9 Å². The molecule has 27 heavy (non-hydrogen) atoms. The molecule has 3 rings (SSSR count). The van der Waals surface area contributed by atoms with Gasteiger partial charge in [-0.3, -0.25) is 10.1 Å². The maximum atomic E-state index is 12.5. The molecule has 2 aliphatic heterocycles. The van der Waals surface area contributed by atoms with E-state index in [4.69, 9.17) is 4.74 Å². The predicted octanol–water partition coefficient (Wildman–Crippen LogP) is 0.547. The van der Waals surface area contributed by atoms with Gasteiger partial charge in [0.25, 0.3) is 0 Å². The van der Waals surface area contributed by atoms with Crippen LogP contribution in [0.25, 0.3) is 0 Å². The van der Waals surface area contributed by atoms with Gasteiger partial charge in [0.1, 0.15) is 0 Å². The Morgan fingerprint density at radius 2 is 1.85 bits per heavy atom. The molecule has 9 heteroatoms. The van der Waals surface area contributed by atoms with Gasteiger partial charge in [-0.1, -0.05) is 12.1 Å². The van der Waals surface area contributed by atoms with Crippen LogP contribution in [-0.2, 0) is 26.1 Å². The van der Waals surface area contributed by atoms with Crippen LogP contribution in [0.4, 0.5) is 0 Å². The molecule has 0 radical (unpaired) electrons. The first kappa shape index (κ1) is 19.8. The quantitative estimate of drug-likeness (QED) is 0.732. The highest BCUT2D eigenvalue weighted by atomic mass is 32.2. The Morgan fingerprint density at radius 3 is 2.41 bits per heavy atom. The summed E-state index contributed by atoms with van der Waals surface area (Å²) < 4.78 is 30.4. The van der Waals surface area contributed by atoms with E-state index in [1.54, 1.807) is 24.0 Å². The molecule has 2 aliphatic rings. The summed E-state index contributed by atoms with van der Waals surface area (Å²) >= 11 is 0. The monoisotopic (exact) mass is 395 g/mol. The van der Waals surface area contributed by atoms with Crippen LogP contribution >= 0.6 is 0 Å². The van der Waals surface area contributed by atoms with Crippen LogP contribution < -0.4 is 5.32 Å². The van der Waals surface area contributed by atoms with E-state index in [1.165, 1.54) is 11.4 Å². The standard InChI is InChI=1S/C18H25N3O5S/c1-3-27(24,25)20-10-8-18(9-11-20)19-12-16(22)21(18)13-14-4-6-15(7-5-14)17(23)26-2/h4-7,19H,3,8-13H2,1-2H3. The molecule has 0 aromatic heterocycles. The number of piperidine rings is 1. The number of esters is 1. The molecule has 0 saturated carbocycles. The van der Waals surface area contributed by atoms with Crippen molar-refractivity contribution < 1.29 is 22.7 Å². The minimum Gasteiger partial charge on any atom is -0.465 e. The number of nitrogens with zero attached hydrogens (tertiary/aromatic N) is 2. The van der Waals surface area contributed by atoms with Crippen LogP contribution in [0.3, 0.4) is 0 Å². The highest BCUT2D eigenvalue weighted by Gasteiger charge is 2.47. The highest BCUT2D eigenvalue weighted by Crippen LogP contribution is 2.32. The number of hydrogen-bond acceptors (Lipinski definition) is 6. The lowest BCUT2D eigenvalue weighted by molar-refractivity contribution is -0.132. The molecule has 1 spiro atoms. The summed E-state index contributed by atoms with van der Waals surface area (Å²) in [7, 11) is -1.88. The van der Waals surface area contributed by atoms with Crippen molar-refractivity contribution in [2.24, 2.45) is 0 Å². The lowest BCUT2D eigenvalue weighted by atomic mass is 9.96. The second-order valence-corrected chi connectivity index (χ2v) is 9.11. The Balaban J connectivity index is 1.73. The van der Waals surface area contributed by atoms with Gasteiger partial charge in [-0.15, -0.1) is 0 Å². The summed E-state index contributed by atoms with van der Waals surface area (Å²) in [5.74, 6) is -0.317.